The van der Waals surface area contributed by atoms with Crippen LogP contribution < -0.4 is 4.74 Å². The second kappa shape index (κ2) is 8.18. The molecule has 3 nitrogen and oxygen atoms in total. The SMILES string of the molecule is CCOc1ccc(C(=O)CCN2CCCCC2)cc1CC. The molecule has 0 bridgehead atoms. The van der Waals surface area contributed by atoms with E-state index in [-0.39, 0.29) is 5.78 Å². The molecule has 1 aliphatic heterocycles. The molecule has 1 aromatic rings. The monoisotopic (exact) mass is 289 g/mol. The van der Waals surface area contributed by atoms with Crippen molar-refractivity contribution in [3.05, 3.63) is 29.3 Å². The van der Waals surface area contributed by atoms with Crippen molar-refractivity contribution in [1.29, 1.82) is 0 Å². The molecule has 21 heavy (non-hydrogen) atoms. The van der Waals surface area contributed by atoms with Crippen molar-refractivity contribution in [2.75, 3.05) is 26.2 Å². The Bertz CT molecular complexity index is 464. The summed E-state index contributed by atoms with van der Waals surface area (Å²) in [5, 5.41) is 0. The summed E-state index contributed by atoms with van der Waals surface area (Å²) in [5.74, 6) is 1.16. The third kappa shape index (κ3) is 4.57. The Hall–Kier alpha value is -1.35. The van der Waals surface area contributed by atoms with Crippen molar-refractivity contribution in [2.24, 2.45) is 0 Å². The first kappa shape index (κ1) is 16.0. The molecule has 0 radical (unpaired) electrons. The van der Waals surface area contributed by atoms with E-state index in [1.54, 1.807) is 0 Å². The summed E-state index contributed by atoms with van der Waals surface area (Å²) < 4.78 is 5.60. The number of ketones is 1. The molecule has 0 saturated carbocycles. The van der Waals surface area contributed by atoms with Gasteiger partial charge >= 0.3 is 0 Å². The van der Waals surface area contributed by atoms with E-state index in [0.717, 1.165) is 42.9 Å². The third-order valence-electron chi connectivity index (χ3n) is 4.17. The quantitative estimate of drug-likeness (QED) is 0.717. The zero-order chi connectivity index (χ0) is 15.1. The van der Waals surface area contributed by atoms with Gasteiger partial charge in [-0.15, -0.1) is 0 Å². The second-order valence-electron chi connectivity index (χ2n) is 5.68. The number of rotatable bonds is 7. The largest absolute Gasteiger partial charge is 0.494 e. The molecule has 1 fully saturated rings. The number of Topliss-reactive ketones (excluding diaryl/α,β-unsaturated/α-hetero) is 1. The fourth-order valence-electron chi connectivity index (χ4n) is 2.91. The molecule has 0 N–H and O–H groups in total. The summed E-state index contributed by atoms with van der Waals surface area (Å²) in [5.41, 5.74) is 1.95. The molecular weight excluding hydrogens is 262 g/mol. The number of likely N-dealkylation sites (tertiary alicyclic amines) is 1. The Kier molecular flexibility index (Phi) is 6.24. The van der Waals surface area contributed by atoms with Crippen LogP contribution in [0.5, 0.6) is 5.75 Å². The Morgan fingerprint density at radius 2 is 1.95 bits per heavy atom. The molecule has 0 atom stereocenters. The number of carbonyl (C=O) groups is 1. The van der Waals surface area contributed by atoms with E-state index < -0.39 is 0 Å². The van der Waals surface area contributed by atoms with Gasteiger partial charge in [-0.3, -0.25) is 4.79 Å². The van der Waals surface area contributed by atoms with Crippen molar-refractivity contribution in [2.45, 2.75) is 46.0 Å². The lowest BCUT2D eigenvalue weighted by Crippen LogP contribution is -2.31. The van der Waals surface area contributed by atoms with Gasteiger partial charge in [-0.1, -0.05) is 13.3 Å². The third-order valence-corrected chi connectivity index (χ3v) is 4.17. The predicted octanol–water partition coefficient (Wildman–Crippen LogP) is 3.71. The molecule has 0 spiro atoms. The Balaban J connectivity index is 1.95. The lowest BCUT2D eigenvalue weighted by Gasteiger charge is -2.26. The van der Waals surface area contributed by atoms with Crippen LogP contribution in [0.15, 0.2) is 18.2 Å². The lowest BCUT2D eigenvalue weighted by atomic mass is 10.0. The predicted molar refractivity (Wildman–Crippen MR) is 86.2 cm³/mol. The van der Waals surface area contributed by atoms with Crippen molar-refractivity contribution < 1.29 is 9.53 Å². The van der Waals surface area contributed by atoms with Gasteiger partial charge in [0.05, 0.1) is 6.61 Å². The summed E-state index contributed by atoms with van der Waals surface area (Å²) in [4.78, 5) is 14.8. The van der Waals surface area contributed by atoms with Gasteiger partial charge in [0.2, 0.25) is 0 Å². The molecule has 1 aliphatic rings. The maximum absolute atomic E-state index is 12.4. The van der Waals surface area contributed by atoms with Crippen LogP contribution in [0.25, 0.3) is 0 Å². The van der Waals surface area contributed by atoms with Gasteiger partial charge < -0.3 is 9.64 Å². The highest BCUT2D eigenvalue weighted by molar-refractivity contribution is 5.96. The van der Waals surface area contributed by atoms with E-state index in [1.165, 1.54) is 19.3 Å². The van der Waals surface area contributed by atoms with Crippen molar-refractivity contribution >= 4 is 5.78 Å². The zero-order valence-electron chi connectivity index (χ0n) is 13.4. The van der Waals surface area contributed by atoms with Crippen LogP contribution in [0, 0.1) is 0 Å². The topological polar surface area (TPSA) is 29.5 Å². The van der Waals surface area contributed by atoms with E-state index >= 15 is 0 Å². The van der Waals surface area contributed by atoms with Gasteiger partial charge in [0.15, 0.2) is 5.78 Å². The van der Waals surface area contributed by atoms with E-state index in [4.69, 9.17) is 4.74 Å². The van der Waals surface area contributed by atoms with Gasteiger partial charge in [0, 0.05) is 18.5 Å². The Labute approximate surface area is 128 Å². The maximum atomic E-state index is 12.4. The van der Waals surface area contributed by atoms with Crippen LogP contribution in [-0.2, 0) is 6.42 Å². The van der Waals surface area contributed by atoms with Crippen LogP contribution in [0.4, 0.5) is 0 Å². The number of aryl methyl sites for hydroxylation is 1. The Morgan fingerprint density at radius 3 is 2.62 bits per heavy atom. The molecule has 0 amide bonds. The molecule has 3 heteroatoms. The highest BCUT2D eigenvalue weighted by Gasteiger charge is 2.14. The van der Waals surface area contributed by atoms with Crippen molar-refractivity contribution in [1.82, 2.24) is 4.90 Å². The normalized spacial score (nSPS) is 15.9. The molecule has 0 aliphatic carbocycles. The molecule has 1 aromatic carbocycles. The summed E-state index contributed by atoms with van der Waals surface area (Å²) in [7, 11) is 0. The number of ether oxygens (including phenoxy) is 1. The number of hydrogen-bond acceptors (Lipinski definition) is 3. The minimum atomic E-state index is 0.248. The van der Waals surface area contributed by atoms with Crippen LogP contribution in [0.1, 0.15) is 55.5 Å². The fraction of sp³-hybridized carbons (Fsp3) is 0.611. The summed E-state index contributed by atoms with van der Waals surface area (Å²) in [6, 6.07) is 5.85. The molecule has 116 valence electrons. The Morgan fingerprint density at radius 1 is 1.19 bits per heavy atom. The number of hydrogen-bond donors (Lipinski definition) is 0. The molecule has 2 rings (SSSR count). The molecule has 1 heterocycles. The standard InChI is InChI=1S/C18H27NO2/c1-3-15-14-16(8-9-18(15)21-4-2)17(20)10-13-19-11-6-5-7-12-19/h8-9,14H,3-7,10-13H2,1-2H3. The minimum Gasteiger partial charge on any atom is -0.494 e. The fourth-order valence-corrected chi connectivity index (χ4v) is 2.91. The number of carbonyl (C=O) groups excluding carboxylic acids is 1. The van der Waals surface area contributed by atoms with Crippen LogP contribution in [-0.4, -0.2) is 36.9 Å². The average Bonchev–Trinajstić information content (AvgIpc) is 2.54. The van der Waals surface area contributed by atoms with Crippen LogP contribution >= 0.6 is 0 Å². The first-order chi connectivity index (χ1) is 10.2. The van der Waals surface area contributed by atoms with Crippen LogP contribution in [0.2, 0.25) is 0 Å². The molecule has 0 aromatic heterocycles. The van der Waals surface area contributed by atoms with E-state index in [1.807, 2.05) is 25.1 Å². The van der Waals surface area contributed by atoms with Gasteiger partial charge in [-0.05, 0) is 63.0 Å². The molecule has 0 unspecified atom stereocenters. The van der Waals surface area contributed by atoms with Crippen LogP contribution in [0.3, 0.4) is 0 Å². The zero-order valence-corrected chi connectivity index (χ0v) is 13.4. The van der Waals surface area contributed by atoms with Crippen molar-refractivity contribution in [3.8, 4) is 5.75 Å². The number of benzene rings is 1. The van der Waals surface area contributed by atoms with Crippen molar-refractivity contribution in [3.63, 3.8) is 0 Å². The summed E-state index contributed by atoms with van der Waals surface area (Å²) in [6.07, 6.45) is 5.40. The minimum absolute atomic E-state index is 0.248. The first-order valence-corrected chi connectivity index (χ1v) is 8.25. The summed E-state index contributed by atoms with van der Waals surface area (Å²) in [6.45, 7) is 7.94. The average molecular weight is 289 g/mol. The smallest absolute Gasteiger partial charge is 0.164 e. The van der Waals surface area contributed by atoms with Gasteiger partial charge in [0.25, 0.3) is 0 Å². The molecule has 1 saturated heterocycles. The summed E-state index contributed by atoms with van der Waals surface area (Å²) >= 11 is 0. The van der Waals surface area contributed by atoms with E-state index in [0.29, 0.717) is 13.0 Å². The number of nitrogens with zero attached hydrogens (tertiary/aromatic N) is 1. The van der Waals surface area contributed by atoms with Gasteiger partial charge in [-0.25, -0.2) is 0 Å². The number of piperidine rings is 1. The molecular formula is C18H27NO2. The van der Waals surface area contributed by atoms with E-state index in [2.05, 4.69) is 11.8 Å². The highest BCUT2D eigenvalue weighted by atomic mass is 16.5. The maximum Gasteiger partial charge on any atom is 0.164 e. The highest BCUT2D eigenvalue weighted by Crippen LogP contribution is 2.22. The van der Waals surface area contributed by atoms with Gasteiger partial charge in [0.1, 0.15) is 5.75 Å². The van der Waals surface area contributed by atoms with E-state index in [9.17, 15) is 4.79 Å². The lowest BCUT2D eigenvalue weighted by molar-refractivity contribution is 0.0958. The second-order valence-corrected chi connectivity index (χ2v) is 5.68. The first-order valence-electron chi connectivity index (χ1n) is 8.25. The van der Waals surface area contributed by atoms with Gasteiger partial charge in [-0.2, -0.15) is 0 Å².